The number of rotatable bonds is 11. The first kappa shape index (κ1) is 29.3. The third-order valence-corrected chi connectivity index (χ3v) is 7.01. The summed E-state index contributed by atoms with van der Waals surface area (Å²) in [6.07, 6.45) is 3.42. The number of hydrogen-bond acceptors (Lipinski definition) is 12. The van der Waals surface area contributed by atoms with E-state index in [1.54, 1.807) is 39.6 Å². The van der Waals surface area contributed by atoms with Crippen LogP contribution < -0.4 is 24.4 Å². The van der Waals surface area contributed by atoms with Crippen LogP contribution in [0, 0.1) is 11.3 Å². The van der Waals surface area contributed by atoms with E-state index in [2.05, 4.69) is 31.2 Å². The standard InChI is InChI=1S/C31H33N7O5/c1-4-42-30(39)19-37-11-13-38(14-12-37)28-18-33-25-8-7-24(23(16-32)31(25)36-28)35-22-6-9-26(27(15-22)40-2)43-20-21-5-10-29(41-3)34-17-21/h5-10,15,17-18,35H,4,11-14,19-20H2,1-3H3. The minimum Gasteiger partial charge on any atom is -0.493 e. The van der Waals surface area contributed by atoms with Crippen molar-refractivity contribution in [2.75, 3.05) is 63.8 Å². The number of hydrogen-bond donors (Lipinski definition) is 1. The van der Waals surface area contributed by atoms with Gasteiger partial charge in [0.15, 0.2) is 11.5 Å². The Morgan fingerprint density at radius 2 is 1.84 bits per heavy atom. The average Bonchev–Trinajstić information content (AvgIpc) is 3.04. The molecule has 222 valence electrons. The molecule has 1 saturated heterocycles. The lowest BCUT2D eigenvalue weighted by Crippen LogP contribution is -2.48. The maximum absolute atomic E-state index is 11.8. The summed E-state index contributed by atoms with van der Waals surface area (Å²) in [5.41, 5.74) is 3.73. The number of fused-ring (bicyclic) bond motifs is 1. The first-order valence-corrected chi connectivity index (χ1v) is 13.9. The van der Waals surface area contributed by atoms with Gasteiger partial charge in [-0.05, 0) is 37.3 Å². The largest absolute Gasteiger partial charge is 0.493 e. The van der Waals surface area contributed by atoms with Crippen molar-refractivity contribution in [3.8, 4) is 23.4 Å². The molecule has 0 aliphatic carbocycles. The Hall–Kier alpha value is -5.15. The molecular formula is C31H33N7O5. The van der Waals surface area contributed by atoms with E-state index < -0.39 is 0 Å². The van der Waals surface area contributed by atoms with E-state index in [9.17, 15) is 10.1 Å². The number of esters is 1. The fourth-order valence-corrected chi connectivity index (χ4v) is 4.76. The van der Waals surface area contributed by atoms with Gasteiger partial charge >= 0.3 is 5.97 Å². The maximum atomic E-state index is 11.8. The molecule has 5 rings (SSSR count). The highest BCUT2D eigenvalue weighted by atomic mass is 16.5. The summed E-state index contributed by atoms with van der Waals surface area (Å²) in [7, 11) is 3.15. The molecule has 0 atom stereocenters. The highest BCUT2D eigenvalue weighted by Crippen LogP contribution is 2.34. The summed E-state index contributed by atoms with van der Waals surface area (Å²) in [4.78, 5) is 29.6. The van der Waals surface area contributed by atoms with Crippen molar-refractivity contribution < 1.29 is 23.7 Å². The molecule has 1 aliphatic heterocycles. The Bertz CT molecular complexity index is 1620. The highest BCUT2D eigenvalue weighted by molar-refractivity contribution is 5.89. The van der Waals surface area contributed by atoms with Crippen molar-refractivity contribution in [1.29, 1.82) is 5.26 Å². The molecule has 0 spiro atoms. The highest BCUT2D eigenvalue weighted by Gasteiger charge is 2.22. The Kier molecular flexibility index (Phi) is 9.33. The van der Waals surface area contributed by atoms with Crippen LogP contribution >= 0.6 is 0 Å². The van der Waals surface area contributed by atoms with Crippen LogP contribution in [-0.4, -0.2) is 79.4 Å². The summed E-state index contributed by atoms with van der Waals surface area (Å²) >= 11 is 0. The second-order valence-electron chi connectivity index (χ2n) is 9.75. The van der Waals surface area contributed by atoms with E-state index in [4.69, 9.17) is 23.9 Å². The van der Waals surface area contributed by atoms with Crippen molar-refractivity contribution in [1.82, 2.24) is 19.9 Å². The summed E-state index contributed by atoms with van der Waals surface area (Å²) in [6, 6.07) is 15.1. The lowest BCUT2D eigenvalue weighted by atomic mass is 10.1. The Labute approximate surface area is 249 Å². The van der Waals surface area contributed by atoms with Gasteiger partial charge in [-0.2, -0.15) is 5.26 Å². The average molecular weight is 584 g/mol. The number of ether oxygens (including phenoxy) is 4. The number of nitriles is 1. The smallest absolute Gasteiger partial charge is 0.320 e. The molecule has 43 heavy (non-hydrogen) atoms. The minimum atomic E-state index is -0.217. The van der Waals surface area contributed by atoms with Gasteiger partial charge in [0.2, 0.25) is 5.88 Å². The van der Waals surface area contributed by atoms with Crippen LogP contribution in [0.1, 0.15) is 18.1 Å². The molecule has 1 N–H and O–H groups in total. The third kappa shape index (κ3) is 7.02. The first-order valence-electron chi connectivity index (χ1n) is 13.9. The van der Waals surface area contributed by atoms with E-state index in [1.807, 2.05) is 36.4 Å². The second-order valence-corrected chi connectivity index (χ2v) is 9.75. The molecule has 1 aliphatic rings. The minimum absolute atomic E-state index is 0.217. The van der Waals surface area contributed by atoms with Gasteiger partial charge in [0, 0.05) is 55.8 Å². The number of carbonyl (C=O) groups is 1. The molecule has 4 aromatic rings. The summed E-state index contributed by atoms with van der Waals surface area (Å²) < 4.78 is 21.7. The zero-order chi connectivity index (χ0) is 30.2. The fourth-order valence-electron chi connectivity index (χ4n) is 4.76. The van der Waals surface area contributed by atoms with Gasteiger partial charge in [-0.3, -0.25) is 14.7 Å². The lowest BCUT2D eigenvalue weighted by molar-refractivity contribution is -0.144. The van der Waals surface area contributed by atoms with E-state index in [0.29, 0.717) is 90.6 Å². The number of carbonyl (C=O) groups excluding carboxylic acids is 1. The quantitative estimate of drug-likeness (QED) is 0.256. The Balaban J connectivity index is 1.30. The second kappa shape index (κ2) is 13.7. The SMILES string of the molecule is CCOC(=O)CN1CCN(c2cnc3ccc(Nc4ccc(OCc5ccc(OC)nc5)c(OC)c4)c(C#N)c3n2)CC1. The monoisotopic (exact) mass is 583 g/mol. The third-order valence-electron chi connectivity index (χ3n) is 7.01. The van der Waals surface area contributed by atoms with E-state index in [1.165, 1.54) is 0 Å². The van der Waals surface area contributed by atoms with Gasteiger partial charge in [0.25, 0.3) is 0 Å². The van der Waals surface area contributed by atoms with Crippen molar-refractivity contribution in [3.63, 3.8) is 0 Å². The summed E-state index contributed by atoms with van der Waals surface area (Å²) in [6.45, 7) is 5.53. The number of nitrogens with one attached hydrogen (secondary N) is 1. The molecule has 0 saturated carbocycles. The van der Waals surface area contributed by atoms with Crippen molar-refractivity contribution >= 4 is 34.2 Å². The van der Waals surface area contributed by atoms with Gasteiger partial charge in [-0.25, -0.2) is 9.97 Å². The van der Waals surface area contributed by atoms with Crippen LogP contribution in [0.25, 0.3) is 11.0 Å². The van der Waals surface area contributed by atoms with Gasteiger partial charge < -0.3 is 29.2 Å². The molecule has 12 nitrogen and oxygen atoms in total. The predicted molar refractivity (Wildman–Crippen MR) is 161 cm³/mol. The lowest BCUT2D eigenvalue weighted by Gasteiger charge is -2.34. The number of piperazine rings is 1. The maximum Gasteiger partial charge on any atom is 0.320 e. The zero-order valence-electron chi connectivity index (χ0n) is 24.4. The number of methoxy groups -OCH3 is 2. The molecular weight excluding hydrogens is 550 g/mol. The van der Waals surface area contributed by atoms with Crippen LogP contribution in [0.5, 0.6) is 17.4 Å². The van der Waals surface area contributed by atoms with Gasteiger partial charge in [0.05, 0.1) is 44.8 Å². The topological polar surface area (TPSA) is 135 Å². The van der Waals surface area contributed by atoms with Crippen molar-refractivity contribution in [3.05, 3.63) is 66.0 Å². The fraction of sp³-hybridized carbons (Fsp3) is 0.323. The summed E-state index contributed by atoms with van der Waals surface area (Å²) in [5, 5.41) is 13.5. The van der Waals surface area contributed by atoms with E-state index >= 15 is 0 Å². The molecule has 0 bridgehead atoms. The molecule has 0 unspecified atom stereocenters. The number of nitrogens with zero attached hydrogens (tertiary/aromatic N) is 6. The molecule has 0 amide bonds. The zero-order valence-corrected chi connectivity index (χ0v) is 24.4. The van der Waals surface area contributed by atoms with Gasteiger partial charge in [0.1, 0.15) is 29.6 Å². The van der Waals surface area contributed by atoms with Crippen LogP contribution in [0.15, 0.2) is 54.9 Å². The Morgan fingerprint density at radius 3 is 2.53 bits per heavy atom. The van der Waals surface area contributed by atoms with Crippen LogP contribution in [0.4, 0.5) is 17.2 Å². The molecule has 2 aromatic carbocycles. The van der Waals surface area contributed by atoms with Gasteiger partial charge in [-0.15, -0.1) is 0 Å². The number of aromatic nitrogens is 3. The number of anilines is 3. The van der Waals surface area contributed by atoms with Gasteiger partial charge in [-0.1, -0.05) is 0 Å². The molecule has 1 fully saturated rings. The first-order chi connectivity index (χ1) is 21.0. The Morgan fingerprint density at radius 1 is 1.00 bits per heavy atom. The van der Waals surface area contributed by atoms with Crippen LogP contribution in [0.3, 0.4) is 0 Å². The van der Waals surface area contributed by atoms with Crippen LogP contribution in [-0.2, 0) is 16.1 Å². The van der Waals surface area contributed by atoms with Crippen molar-refractivity contribution in [2.45, 2.75) is 13.5 Å². The number of pyridine rings is 1. The van der Waals surface area contributed by atoms with E-state index in [-0.39, 0.29) is 12.5 Å². The predicted octanol–water partition coefficient (Wildman–Crippen LogP) is 3.92. The number of benzene rings is 2. The molecule has 12 heteroatoms. The summed E-state index contributed by atoms with van der Waals surface area (Å²) in [5.74, 6) is 2.11. The van der Waals surface area contributed by atoms with E-state index in [0.717, 1.165) is 5.56 Å². The molecule has 2 aromatic heterocycles. The normalized spacial score (nSPS) is 13.3. The molecule has 0 radical (unpaired) electrons. The molecule has 3 heterocycles. The van der Waals surface area contributed by atoms with Crippen molar-refractivity contribution in [2.24, 2.45) is 0 Å². The van der Waals surface area contributed by atoms with Crippen LogP contribution in [0.2, 0.25) is 0 Å².